The molecule has 0 spiro atoms. The monoisotopic (exact) mass is 534 g/mol. The minimum absolute atomic E-state index is 0.284. The van der Waals surface area contributed by atoms with Crippen molar-refractivity contribution in [3.63, 3.8) is 0 Å². The van der Waals surface area contributed by atoms with E-state index in [0.29, 0.717) is 18.4 Å². The van der Waals surface area contributed by atoms with Gasteiger partial charge in [-0.25, -0.2) is 0 Å². The van der Waals surface area contributed by atoms with Crippen LogP contribution in [0.5, 0.6) is 5.75 Å². The summed E-state index contributed by atoms with van der Waals surface area (Å²) in [6.45, 7) is 4.77. The van der Waals surface area contributed by atoms with Crippen LogP contribution in [0.4, 0.5) is 11.4 Å². The molecule has 0 aromatic heterocycles. The summed E-state index contributed by atoms with van der Waals surface area (Å²) in [5, 5.41) is 6.14. The van der Waals surface area contributed by atoms with Gasteiger partial charge in [-0.3, -0.25) is 4.99 Å². The molecule has 1 heterocycles. The maximum atomic E-state index is 6.39. The van der Waals surface area contributed by atoms with Crippen LogP contribution in [-0.2, 0) is 6.61 Å². The maximum Gasteiger partial charge on any atom is 0.129 e. The lowest BCUT2D eigenvalue weighted by molar-refractivity contribution is 0.306. The fourth-order valence-corrected chi connectivity index (χ4v) is 6.63. The average Bonchev–Trinajstić information content (AvgIpc) is 3.49. The standard InChI is InChI=1S/C38H34N2O/c1-25-20-26(2)22-27(21-25)24-41-37-19-16-28-8-3-4-9-31(28)35(37)23-39-30-17-14-29(15-18-30)38-34-12-7-11-32(34)33-10-5-6-13-36(33)40-38/h3-11,13-23,32,34,38,40H,12,24H2,1-2H3/t32-,34+,38+/m1/s1. The second-order valence-electron chi connectivity index (χ2n) is 11.4. The summed E-state index contributed by atoms with van der Waals surface area (Å²) >= 11 is 0. The summed E-state index contributed by atoms with van der Waals surface area (Å²) in [7, 11) is 0. The molecule has 41 heavy (non-hydrogen) atoms. The average molecular weight is 535 g/mol. The molecule has 0 unspecified atom stereocenters. The van der Waals surface area contributed by atoms with Crippen LogP contribution in [0.3, 0.4) is 0 Å². The van der Waals surface area contributed by atoms with Crippen molar-refractivity contribution in [1.82, 2.24) is 0 Å². The summed E-state index contributed by atoms with van der Waals surface area (Å²) in [6, 6.07) is 36.9. The molecule has 0 fully saturated rings. The number of nitrogens with zero attached hydrogens (tertiary/aromatic N) is 1. The number of nitrogens with one attached hydrogen (secondary N) is 1. The largest absolute Gasteiger partial charge is 0.488 e. The highest BCUT2D eigenvalue weighted by atomic mass is 16.5. The molecule has 1 aliphatic heterocycles. The number of aryl methyl sites for hydroxylation is 2. The smallest absolute Gasteiger partial charge is 0.129 e. The van der Waals surface area contributed by atoms with Crippen LogP contribution in [0.15, 0.2) is 120 Å². The van der Waals surface area contributed by atoms with Gasteiger partial charge in [0.1, 0.15) is 12.4 Å². The van der Waals surface area contributed by atoms with Gasteiger partial charge in [-0.05, 0) is 77.9 Å². The molecule has 202 valence electrons. The predicted octanol–water partition coefficient (Wildman–Crippen LogP) is 9.61. The lowest BCUT2D eigenvalue weighted by Gasteiger charge is -2.37. The SMILES string of the molecule is Cc1cc(C)cc(COc2ccc3ccccc3c2C=Nc2ccc([C@@H]3Nc4ccccc4[C@H]4C=CC[C@@H]43)cc2)c1. The Morgan fingerprint density at radius 1 is 0.854 bits per heavy atom. The van der Waals surface area contributed by atoms with Gasteiger partial charge in [0.2, 0.25) is 0 Å². The van der Waals surface area contributed by atoms with E-state index in [1.807, 2.05) is 6.21 Å². The van der Waals surface area contributed by atoms with E-state index in [4.69, 9.17) is 9.73 Å². The Hall–Kier alpha value is -4.63. The number of allylic oxidation sites excluding steroid dienone is 2. The molecule has 0 amide bonds. The molecule has 3 nitrogen and oxygen atoms in total. The molecular weight excluding hydrogens is 500 g/mol. The molecule has 3 atom stereocenters. The third-order valence-corrected chi connectivity index (χ3v) is 8.47. The van der Waals surface area contributed by atoms with Crippen molar-refractivity contribution in [2.75, 3.05) is 5.32 Å². The number of rotatable bonds is 6. The van der Waals surface area contributed by atoms with Crippen LogP contribution in [-0.4, -0.2) is 6.21 Å². The lowest BCUT2D eigenvalue weighted by Crippen LogP contribution is -2.28. The first-order valence-electron chi connectivity index (χ1n) is 14.5. The van der Waals surface area contributed by atoms with Gasteiger partial charge in [0.15, 0.2) is 0 Å². The lowest BCUT2D eigenvalue weighted by atomic mass is 9.77. The third-order valence-electron chi connectivity index (χ3n) is 8.47. The van der Waals surface area contributed by atoms with E-state index in [0.717, 1.165) is 28.8 Å². The first-order chi connectivity index (χ1) is 20.1. The van der Waals surface area contributed by atoms with E-state index in [1.165, 1.54) is 38.9 Å². The van der Waals surface area contributed by atoms with E-state index in [2.05, 4.69) is 134 Å². The van der Waals surface area contributed by atoms with Crippen LogP contribution in [0.1, 0.15) is 51.8 Å². The van der Waals surface area contributed by atoms with Crippen molar-refractivity contribution in [3.8, 4) is 5.75 Å². The fourth-order valence-electron chi connectivity index (χ4n) is 6.63. The van der Waals surface area contributed by atoms with Crippen LogP contribution in [0.2, 0.25) is 0 Å². The van der Waals surface area contributed by atoms with Gasteiger partial charge in [-0.2, -0.15) is 0 Å². The number of hydrogen-bond acceptors (Lipinski definition) is 3. The summed E-state index contributed by atoms with van der Waals surface area (Å²) in [5.74, 6) is 1.85. The molecule has 1 aliphatic carbocycles. The second-order valence-corrected chi connectivity index (χ2v) is 11.4. The molecule has 0 saturated carbocycles. The van der Waals surface area contributed by atoms with Crippen molar-refractivity contribution in [2.24, 2.45) is 10.9 Å². The summed E-state index contributed by atoms with van der Waals surface area (Å²) in [6.07, 6.45) is 7.79. The first-order valence-corrected chi connectivity index (χ1v) is 14.5. The van der Waals surface area contributed by atoms with Crippen molar-refractivity contribution >= 4 is 28.4 Å². The zero-order chi connectivity index (χ0) is 27.8. The van der Waals surface area contributed by atoms with Gasteiger partial charge in [0.05, 0.1) is 11.7 Å². The molecule has 5 aromatic rings. The van der Waals surface area contributed by atoms with Crippen molar-refractivity contribution in [3.05, 3.63) is 149 Å². The molecule has 0 saturated heterocycles. The van der Waals surface area contributed by atoms with Gasteiger partial charge in [0, 0.05) is 23.4 Å². The summed E-state index contributed by atoms with van der Waals surface area (Å²) in [4.78, 5) is 4.92. The molecule has 1 N–H and O–H groups in total. The molecule has 0 radical (unpaired) electrons. The quantitative estimate of drug-likeness (QED) is 0.174. The zero-order valence-corrected chi connectivity index (χ0v) is 23.5. The van der Waals surface area contributed by atoms with Crippen LogP contribution in [0, 0.1) is 19.8 Å². The highest BCUT2D eigenvalue weighted by Crippen LogP contribution is 2.49. The van der Waals surface area contributed by atoms with E-state index in [-0.39, 0.29) is 6.04 Å². The van der Waals surface area contributed by atoms with Crippen LogP contribution < -0.4 is 10.1 Å². The van der Waals surface area contributed by atoms with Gasteiger partial charge >= 0.3 is 0 Å². The summed E-state index contributed by atoms with van der Waals surface area (Å²) in [5.41, 5.74) is 9.57. The Morgan fingerprint density at radius 3 is 2.49 bits per heavy atom. The molecule has 2 aliphatic rings. The maximum absolute atomic E-state index is 6.39. The third kappa shape index (κ3) is 5.04. The zero-order valence-electron chi connectivity index (χ0n) is 23.5. The number of ether oxygens (including phenoxy) is 1. The van der Waals surface area contributed by atoms with Gasteiger partial charge in [-0.1, -0.05) is 102 Å². The second kappa shape index (κ2) is 10.7. The van der Waals surface area contributed by atoms with Gasteiger partial charge < -0.3 is 10.1 Å². The van der Waals surface area contributed by atoms with E-state index >= 15 is 0 Å². The predicted molar refractivity (Wildman–Crippen MR) is 171 cm³/mol. The highest BCUT2D eigenvalue weighted by molar-refractivity contribution is 6.03. The number of hydrogen-bond donors (Lipinski definition) is 1. The van der Waals surface area contributed by atoms with Crippen LogP contribution >= 0.6 is 0 Å². The summed E-state index contributed by atoms with van der Waals surface area (Å²) < 4.78 is 6.39. The van der Waals surface area contributed by atoms with Gasteiger partial charge in [0.25, 0.3) is 0 Å². The first kappa shape index (κ1) is 25.3. The molecule has 5 aromatic carbocycles. The number of aliphatic imine (C=N–C) groups is 1. The minimum Gasteiger partial charge on any atom is -0.488 e. The number of benzene rings is 5. The minimum atomic E-state index is 0.284. The van der Waals surface area contributed by atoms with Crippen molar-refractivity contribution in [2.45, 2.75) is 38.8 Å². The Labute approximate surface area is 242 Å². The Bertz CT molecular complexity index is 1760. The topological polar surface area (TPSA) is 33.6 Å². The Balaban J connectivity index is 1.15. The number of para-hydroxylation sites is 1. The van der Waals surface area contributed by atoms with Crippen molar-refractivity contribution in [1.29, 1.82) is 0 Å². The highest BCUT2D eigenvalue weighted by Gasteiger charge is 2.37. The van der Waals surface area contributed by atoms with E-state index in [9.17, 15) is 0 Å². The van der Waals surface area contributed by atoms with Gasteiger partial charge in [-0.15, -0.1) is 0 Å². The number of fused-ring (bicyclic) bond motifs is 4. The molecule has 0 bridgehead atoms. The number of anilines is 1. The fraction of sp³-hybridized carbons (Fsp3) is 0.184. The Kier molecular flexibility index (Phi) is 6.64. The normalized spacial score (nSPS) is 19.2. The van der Waals surface area contributed by atoms with E-state index in [1.54, 1.807) is 0 Å². The molecule has 7 rings (SSSR count). The molecule has 3 heteroatoms. The molecular formula is C38H34N2O. The van der Waals surface area contributed by atoms with Crippen molar-refractivity contribution < 1.29 is 4.74 Å². The Morgan fingerprint density at radius 2 is 1.63 bits per heavy atom. The van der Waals surface area contributed by atoms with E-state index < -0.39 is 0 Å². The van der Waals surface area contributed by atoms with Crippen LogP contribution in [0.25, 0.3) is 10.8 Å².